The third-order valence-corrected chi connectivity index (χ3v) is 12.5. The van der Waals surface area contributed by atoms with Crippen LogP contribution in [0.2, 0.25) is 0 Å². The Bertz CT molecular complexity index is 1860. The highest BCUT2D eigenvalue weighted by Crippen LogP contribution is 2.43. The van der Waals surface area contributed by atoms with Crippen LogP contribution in [0.3, 0.4) is 0 Å². The summed E-state index contributed by atoms with van der Waals surface area (Å²) in [5.74, 6) is -5.63. The number of rotatable bonds is 9. The molecule has 2 amide bonds. The van der Waals surface area contributed by atoms with Crippen molar-refractivity contribution in [3.05, 3.63) is 36.2 Å². The zero-order valence-corrected chi connectivity index (χ0v) is 36.0. The summed E-state index contributed by atoms with van der Waals surface area (Å²) < 4.78 is 36.3. The van der Waals surface area contributed by atoms with Crippen molar-refractivity contribution in [2.75, 3.05) is 27.9 Å². The van der Waals surface area contributed by atoms with Gasteiger partial charge in [-0.1, -0.05) is 33.8 Å². The first kappa shape index (κ1) is 45.8. The second-order valence-electron chi connectivity index (χ2n) is 16.9. The van der Waals surface area contributed by atoms with E-state index < -0.39 is 96.1 Å². The second kappa shape index (κ2) is 18.5. The molecule has 0 aliphatic carbocycles. The van der Waals surface area contributed by atoms with Crippen LogP contribution in [0.15, 0.2) is 30.6 Å². The van der Waals surface area contributed by atoms with E-state index in [-0.39, 0.29) is 37.4 Å². The molecule has 2 aromatic rings. The van der Waals surface area contributed by atoms with Crippen LogP contribution in [0.5, 0.6) is 0 Å². The number of cyclic esters (lactones) is 1. The van der Waals surface area contributed by atoms with Gasteiger partial charge in [-0.25, -0.2) is 9.59 Å². The number of Topliss-reactive ketones (excluding diaryl/α,β-unsaturated/α-hetero) is 2. The van der Waals surface area contributed by atoms with E-state index in [1.165, 1.54) is 18.9 Å². The van der Waals surface area contributed by atoms with Crippen molar-refractivity contribution in [2.45, 2.75) is 135 Å². The van der Waals surface area contributed by atoms with Gasteiger partial charge in [-0.05, 0) is 78.7 Å². The number of carbonyl (C=O) groups excluding carboxylic acids is 5. The number of esters is 1. The number of nitrogens with zero attached hydrogens (tertiary/aromatic N) is 4. The summed E-state index contributed by atoms with van der Waals surface area (Å²) in [5, 5.41) is 14.0. The number of hydrogen-bond acceptors (Lipinski definition) is 15. The summed E-state index contributed by atoms with van der Waals surface area (Å²) in [6.45, 7) is 12.9. The largest absolute Gasteiger partial charge is 0.458 e. The average molecular weight is 828 g/mol. The van der Waals surface area contributed by atoms with Gasteiger partial charge in [0.05, 0.1) is 41.6 Å². The van der Waals surface area contributed by atoms with Crippen LogP contribution in [0.4, 0.5) is 9.59 Å². The lowest BCUT2D eigenvalue weighted by atomic mass is 9.73. The van der Waals surface area contributed by atoms with Crippen LogP contribution >= 0.6 is 0 Å². The van der Waals surface area contributed by atoms with Crippen LogP contribution < -0.4 is 5.32 Å². The average Bonchev–Trinajstić information content (AvgIpc) is 3.47. The van der Waals surface area contributed by atoms with Crippen molar-refractivity contribution in [2.24, 2.45) is 23.7 Å². The first-order valence-corrected chi connectivity index (χ1v) is 20.3. The molecule has 17 nitrogen and oxygen atoms in total. The van der Waals surface area contributed by atoms with Gasteiger partial charge in [0.1, 0.15) is 30.5 Å². The molecular formula is C42H61N5O12. The van der Waals surface area contributed by atoms with Gasteiger partial charge in [0.15, 0.2) is 17.7 Å². The lowest BCUT2D eigenvalue weighted by Gasteiger charge is -2.47. The van der Waals surface area contributed by atoms with Crippen molar-refractivity contribution >= 4 is 40.8 Å². The molecule has 3 aliphatic heterocycles. The van der Waals surface area contributed by atoms with Gasteiger partial charge in [0.2, 0.25) is 0 Å². The third kappa shape index (κ3) is 9.54. The molecule has 0 bridgehead atoms. The zero-order valence-electron chi connectivity index (χ0n) is 36.0. The van der Waals surface area contributed by atoms with Gasteiger partial charge in [-0.3, -0.25) is 29.3 Å². The Morgan fingerprint density at radius 3 is 2.34 bits per heavy atom. The SMILES string of the molecule is CC[C@H]1OC(=O)[C@H](C)C(=O)[C@H](C)[C@@H](O[C@@H]2O[C@H](C)C[C@H](N(C)C)[C@H]2O)[C@](C)(OC)C[C@@H](C)C(=O)[C@H](C)[C@H]2N(CNC(=O)OCc3ccc4nccnc4c3)C(=O)O[C@]12C. The van der Waals surface area contributed by atoms with Gasteiger partial charge in [-0.2, -0.15) is 0 Å². The van der Waals surface area contributed by atoms with E-state index in [9.17, 15) is 29.1 Å². The molecule has 13 atom stereocenters. The third-order valence-electron chi connectivity index (χ3n) is 12.5. The first-order valence-electron chi connectivity index (χ1n) is 20.3. The summed E-state index contributed by atoms with van der Waals surface area (Å²) in [4.78, 5) is 81.3. The van der Waals surface area contributed by atoms with Crippen molar-refractivity contribution in [1.29, 1.82) is 0 Å². The topological polar surface area (TPSA) is 205 Å². The molecule has 3 fully saturated rings. The van der Waals surface area contributed by atoms with Crippen molar-refractivity contribution in [1.82, 2.24) is 25.1 Å². The molecule has 2 N–H and O–H groups in total. The number of aromatic nitrogens is 2. The predicted octanol–water partition coefficient (Wildman–Crippen LogP) is 4.02. The van der Waals surface area contributed by atoms with Crippen LogP contribution in [-0.2, 0) is 49.4 Å². The second-order valence-corrected chi connectivity index (χ2v) is 16.9. The molecular weight excluding hydrogens is 766 g/mol. The Hall–Kier alpha value is -4.29. The highest BCUT2D eigenvalue weighted by Gasteiger charge is 2.60. The fourth-order valence-electron chi connectivity index (χ4n) is 9.09. The first-order chi connectivity index (χ1) is 27.8. The summed E-state index contributed by atoms with van der Waals surface area (Å²) in [6, 6.07) is 3.91. The molecule has 326 valence electrons. The lowest BCUT2D eigenvalue weighted by molar-refractivity contribution is -0.295. The Balaban J connectivity index is 1.44. The number of fused-ring (bicyclic) bond motifs is 2. The number of aliphatic hydroxyl groups excluding tert-OH is 1. The number of aliphatic hydroxyl groups is 1. The van der Waals surface area contributed by atoms with Crippen LogP contribution in [0.25, 0.3) is 11.0 Å². The quantitative estimate of drug-likeness (QED) is 0.208. The Morgan fingerprint density at radius 2 is 1.69 bits per heavy atom. The Labute approximate surface area is 345 Å². The smallest absolute Gasteiger partial charge is 0.412 e. The lowest BCUT2D eigenvalue weighted by Crippen LogP contribution is -2.60. The minimum Gasteiger partial charge on any atom is -0.458 e. The Kier molecular flexibility index (Phi) is 14.4. The van der Waals surface area contributed by atoms with Crippen molar-refractivity contribution in [3.63, 3.8) is 0 Å². The number of methoxy groups -OCH3 is 1. The van der Waals surface area contributed by atoms with Gasteiger partial charge in [0.25, 0.3) is 0 Å². The summed E-state index contributed by atoms with van der Waals surface area (Å²) in [7, 11) is 5.15. The molecule has 5 rings (SSSR count). The maximum atomic E-state index is 14.7. The predicted molar refractivity (Wildman–Crippen MR) is 212 cm³/mol. The van der Waals surface area contributed by atoms with Gasteiger partial charge >= 0.3 is 18.2 Å². The molecule has 4 heterocycles. The minimum absolute atomic E-state index is 0.0453. The molecule has 0 unspecified atom stereocenters. The number of carbonyl (C=O) groups is 5. The van der Waals surface area contributed by atoms with E-state index in [4.69, 9.17) is 28.4 Å². The minimum atomic E-state index is -1.59. The maximum absolute atomic E-state index is 14.7. The summed E-state index contributed by atoms with van der Waals surface area (Å²) in [5.41, 5.74) is -0.939. The normalized spacial score (nSPS) is 36.2. The number of likely N-dealkylation sites (N-methyl/N-ethyl adjacent to an activating group) is 1. The molecule has 17 heteroatoms. The van der Waals surface area contributed by atoms with Crippen molar-refractivity contribution < 1.29 is 57.5 Å². The molecule has 3 aliphatic rings. The standard InChI is InChI=1S/C42H61N5O12/c1-12-31-42(8)35(47(40(53)59-42)21-45-39(52)55-20-27-13-14-28-29(18-27)44-16-15-43-28)24(4)32(48)22(2)19-41(7,54-11)36(25(5)33(49)26(6)37(51)57-31)58-38-34(50)30(46(9)10)17-23(3)56-38/h13-16,18,22-26,30-31,34-36,38,50H,12,17,19-21H2,1-11H3,(H,45,52)/t22-,23-,24+,25+,26-,30+,31-,34-,35-,36-,38+,41-,42-/m1/s1. The number of benzene rings is 1. The molecule has 1 aromatic heterocycles. The number of amides is 2. The van der Waals surface area contributed by atoms with Gasteiger partial charge in [-0.15, -0.1) is 0 Å². The van der Waals surface area contributed by atoms with Crippen LogP contribution in [0.1, 0.15) is 80.2 Å². The molecule has 0 saturated carbocycles. The molecule has 3 saturated heterocycles. The van der Waals surface area contributed by atoms with E-state index in [0.717, 1.165) is 0 Å². The fraction of sp³-hybridized carbons (Fsp3) is 0.690. The molecule has 0 radical (unpaired) electrons. The van der Waals surface area contributed by atoms with E-state index in [1.807, 2.05) is 25.9 Å². The Morgan fingerprint density at radius 1 is 1.02 bits per heavy atom. The maximum Gasteiger partial charge on any atom is 0.412 e. The highest BCUT2D eigenvalue weighted by atomic mass is 16.7. The van der Waals surface area contributed by atoms with E-state index in [0.29, 0.717) is 23.0 Å². The monoisotopic (exact) mass is 827 g/mol. The van der Waals surface area contributed by atoms with Crippen molar-refractivity contribution in [3.8, 4) is 0 Å². The highest BCUT2D eigenvalue weighted by molar-refractivity contribution is 6.00. The van der Waals surface area contributed by atoms with Gasteiger partial charge in [0, 0.05) is 43.3 Å². The molecule has 1 aromatic carbocycles. The van der Waals surface area contributed by atoms with Crippen LogP contribution in [-0.4, -0.2) is 136 Å². The number of nitrogens with one attached hydrogen (secondary N) is 1. The van der Waals surface area contributed by atoms with E-state index >= 15 is 0 Å². The summed E-state index contributed by atoms with van der Waals surface area (Å²) >= 11 is 0. The molecule has 0 spiro atoms. The van der Waals surface area contributed by atoms with E-state index in [2.05, 4.69) is 15.3 Å². The molecule has 59 heavy (non-hydrogen) atoms. The zero-order chi connectivity index (χ0) is 43.6. The number of hydrogen-bond donors (Lipinski definition) is 2. The number of alkyl carbamates (subject to hydrolysis) is 1. The van der Waals surface area contributed by atoms with Crippen LogP contribution in [0, 0.1) is 23.7 Å². The summed E-state index contributed by atoms with van der Waals surface area (Å²) in [6.07, 6.45) is -2.53. The number of ketones is 2. The van der Waals surface area contributed by atoms with E-state index in [1.54, 1.807) is 72.1 Å². The number of ether oxygens (including phenoxy) is 6. The van der Waals surface area contributed by atoms with Gasteiger partial charge < -0.3 is 43.7 Å². The fourth-order valence-corrected chi connectivity index (χ4v) is 9.09.